The van der Waals surface area contributed by atoms with E-state index in [1.807, 2.05) is 0 Å². The molecule has 2 heteroatoms. The molecule has 17 heavy (non-hydrogen) atoms. The highest BCUT2D eigenvalue weighted by Gasteiger charge is 2.22. The Balaban J connectivity index is 2.08. The van der Waals surface area contributed by atoms with Gasteiger partial charge in [0, 0.05) is 19.1 Å². The molecule has 1 aliphatic rings. The van der Waals surface area contributed by atoms with Gasteiger partial charge in [-0.25, -0.2) is 0 Å². The minimum absolute atomic E-state index is 0.641. The highest BCUT2D eigenvalue weighted by Crippen LogP contribution is 2.23. The van der Waals surface area contributed by atoms with Gasteiger partial charge in [0.25, 0.3) is 0 Å². The Kier molecular flexibility index (Phi) is 4.19. The minimum atomic E-state index is 0.641. The molecule has 1 fully saturated rings. The predicted octanol–water partition coefficient (Wildman–Crippen LogP) is 2.83. The van der Waals surface area contributed by atoms with E-state index in [4.69, 9.17) is 5.73 Å². The molecule has 1 aromatic carbocycles. The Bertz CT molecular complexity index is 373. The summed E-state index contributed by atoms with van der Waals surface area (Å²) in [5.74, 6) is 0. The molecule has 0 bridgehead atoms. The predicted molar refractivity (Wildman–Crippen MR) is 72.8 cm³/mol. The first-order chi connectivity index (χ1) is 8.24. The summed E-state index contributed by atoms with van der Waals surface area (Å²) in [5, 5.41) is 0. The van der Waals surface area contributed by atoms with E-state index >= 15 is 0 Å². The number of rotatable bonds is 4. The van der Waals surface area contributed by atoms with Crippen LogP contribution < -0.4 is 5.73 Å². The molecule has 0 radical (unpaired) electrons. The van der Waals surface area contributed by atoms with Gasteiger partial charge in [-0.05, 0) is 49.4 Å². The van der Waals surface area contributed by atoms with Crippen molar-refractivity contribution in [2.24, 2.45) is 5.73 Å². The van der Waals surface area contributed by atoms with E-state index in [9.17, 15) is 0 Å². The summed E-state index contributed by atoms with van der Waals surface area (Å²) < 4.78 is 0. The molecule has 1 unspecified atom stereocenters. The van der Waals surface area contributed by atoms with Gasteiger partial charge in [0.05, 0.1) is 0 Å². The second kappa shape index (κ2) is 5.65. The molecule has 0 spiro atoms. The molecule has 0 amide bonds. The highest BCUT2D eigenvalue weighted by atomic mass is 15.2. The van der Waals surface area contributed by atoms with Crippen LogP contribution in [-0.4, -0.2) is 17.5 Å². The lowest BCUT2D eigenvalue weighted by Gasteiger charge is -2.24. The van der Waals surface area contributed by atoms with Crippen molar-refractivity contribution in [3.8, 4) is 0 Å². The molecule has 0 aliphatic carbocycles. The SMILES string of the molecule is CCC1CCCN1Cc1ccc(CN)cc1C. The molecule has 2 rings (SSSR count). The summed E-state index contributed by atoms with van der Waals surface area (Å²) in [5.41, 5.74) is 9.75. The fourth-order valence-corrected chi connectivity index (χ4v) is 2.85. The Morgan fingerprint density at radius 2 is 2.24 bits per heavy atom. The van der Waals surface area contributed by atoms with Gasteiger partial charge in [-0.2, -0.15) is 0 Å². The summed E-state index contributed by atoms with van der Waals surface area (Å²) in [6, 6.07) is 7.44. The van der Waals surface area contributed by atoms with Crippen molar-refractivity contribution in [1.82, 2.24) is 4.90 Å². The lowest BCUT2D eigenvalue weighted by Crippen LogP contribution is -2.28. The standard InChI is InChI=1S/C15H24N2/c1-3-15-5-4-8-17(15)11-14-7-6-13(10-16)9-12(14)2/h6-7,9,15H,3-5,8,10-11,16H2,1-2H3. The van der Waals surface area contributed by atoms with Crippen LogP contribution in [0.15, 0.2) is 18.2 Å². The molecule has 1 heterocycles. The number of hydrogen-bond acceptors (Lipinski definition) is 2. The summed E-state index contributed by atoms with van der Waals surface area (Å²) >= 11 is 0. The maximum absolute atomic E-state index is 5.67. The van der Waals surface area contributed by atoms with Gasteiger partial charge in [0.2, 0.25) is 0 Å². The molecule has 2 nitrogen and oxygen atoms in total. The van der Waals surface area contributed by atoms with Gasteiger partial charge in [0.1, 0.15) is 0 Å². The van der Waals surface area contributed by atoms with E-state index in [1.165, 1.54) is 42.5 Å². The van der Waals surface area contributed by atoms with Crippen LogP contribution in [0.5, 0.6) is 0 Å². The van der Waals surface area contributed by atoms with E-state index < -0.39 is 0 Å². The van der Waals surface area contributed by atoms with Crippen molar-refractivity contribution in [3.63, 3.8) is 0 Å². The topological polar surface area (TPSA) is 29.3 Å². The monoisotopic (exact) mass is 232 g/mol. The van der Waals surface area contributed by atoms with E-state index in [1.54, 1.807) is 0 Å². The molecule has 0 saturated carbocycles. The van der Waals surface area contributed by atoms with E-state index in [0.29, 0.717) is 6.54 Å². The highest BCUT2D eigenvalue weighted by molar-refractivity contribution is 5.31. The number of benzene rings is 1. The van der Waals surface area contributed by atoms with Crippen LogP contribution in [0.1, 0.15) is 42.9 Å². The second-order valence-corrected chi connectivity index (χ2v) is 5.14. The third-order valence-electron chi connectivity index (χ3n) is 3.99. The first-order valence-corrected chi connectivity index (χ1v) is 6.77. The van der Waals surface area contributed by atoms with E-state index in [-0.39, 0.29) is 0 Å². The Morgan fingerprint density at radius 3 is 2.88 bits per heavy atom. The Hall–Kier alpha value is -0.860. The molecular weight excluding hydrogens is 208 g/mol. The number of hydrogen-bond donors (Lipinski definition) is 1. The number of likely N-dealkylation sites (tertiary alicyclic amines) is 1. The van der Waals surface area contributed by atoms with Crippen molar-refractivity contribution in [3.05, 3.63) is 34.9 Å². The zero-order valence-electron chi connectivity index (χ0n) is 11.1. The summed E-state index contributed by atoms with van der Waals surface area (Å²) in [4.78, 5) is 2.63. The van der Waals surface area contributed by atoms with Crippen LogP contribution in [0.2, 0.25) is 0 Å². The molecule has 0 aromatic heterocycles. The zero-order valence-corrected chi connectivity index (χ0v) is 11.1. The molecule has 94 valence electrons. The van der Waals surface area contributed by atoms with Crippen LogP contribution in [0.3, 0.4) is 0 Å². The molecule has 1 saturated heterocycles. The number of aryl methyl sites for hydroxylation is 1. The maximum atomic E-state index is 5.67. The van der Waals surface area contributed by atoms with Gasteiger partial charge in [-0.1, -0.05) is 25.1 Å². The Labute approximate surface area is 105 Å². The van der Waals surface area contributed by atoms with Gasteiger partial charge in [-0.3, -0.25) is 4.90 Å². The van der Waals surface area contributed by atoms with Crippen LogP contribution in [0.4, 0.5) is 0 Å². The average Bonchev–Trinajstić information content (AvgIpc) is 2.79. The third kappa shape index (κ3) is 2.88. The van der Waals surface area contributed by atoms with Gasteiger partial charge in [0.15, 0.2) is 0 Å². The number of nitrogens with zero attached hydrogens (tertiary/aromatic N) is 1. The smallest absolute Gasteiger partial charge is 0.0239 e. The van der Waals surface area contributed by atoms with Gasteiger partial charge < -0.3 is 5.73 Å². The van der Waals surface area contributed by atoms with Crippen molar-refractivity contribution in [2.45, 2.75) is 52.2 Å². The van der Waals surface area contributed by atoms with Gasteiger partial charge in [-0.15, -0.1) is 0 Å². The zero-order chi connectivity index (χ0) is 12.3. The third-order valence-corrected chi connectivity index (χ3v) is 3.99. The minimum Gasteiger partial charge on any atom is -0.326 e. The van der Waals surface area contributed by atoms with E-state index in [2.05, 4.69) is 36.9 Å². The second-order valence-electron chi connectivity index (χ2n) is 5.14. The van der Waals surface area contributed by atoms with Crippen LogP contribution >= 0.6 is 0 Å². The maximum Gasteiger partial charge on any atom is 0.0239 e. The normalized spacial score (nSPS) is 21.0. The van der Waals surface area contributed by atoms with Crippen LogP contribution in [0, 0.1) is 6.92 Å². The van der Waals surface area contributed by atoms with Crippen molar-refractivity contribution in [2.75, 3.05) is 6.54 Å². The average molecular weight is 232 g/mol. The van der Waals surface area contributed by atoms with Crippen molar-refractivity contribution in [1.29, 1.82) is 0 Å². The quantitative estimate of drug-likeness (QED) is 0.865. The lowest BCUT2D eigenvalue weighted by molar-refractivity contribution is 0.239. The fraction of sp³-hybridized carbons (Fsp3) is 0.600. The first kappa shape index (κ1) is 12.6. The van der Waals surface area contributed by atoms with Crippen molar-refractivity contribution < 1.29 is 0 Å². The van der Waals surface area contributed by atoms with Crippen molar-refractivity contribution >= 4 is 0 Å². The van der Waals surface area contributed by atoms with E-state index in [0.717, 1.165) is 12.6 Å². The Morgan fingerprint density at radius 1 is 1.41 bits per heavy atom. The largest absolute Gasteiger partial charge is 0.326 e. The molecular formula is C15H24N2. The summed E-state index contributed by atoms with van der Waals surface area (Å²) in [7, 11) is 0. The summed E-state index contributed by atoms with van der Waals surface area (Å²) in [6.45, 7) is 7.51. The number of nitrogens with two attached hydrogens (primary N) is 1. The van der Waals surface area contributed by atoms with Gasteiger partial charge >= 0.3 is 0 Å². The molecule has 1 aromatic rings. The molecule has 1 aliphatic heterocycles. The van der Waals surface area contributed by atoms with Crippen LogP contribution in [-0.2, 0) is 13.1 Å². The van der Waals surface area contributed by atoms with Crippen LogP contribution in [0.25, 0.3) is 0 Å². The fourth-order valence-electron chi connectivity index (χ4n) is 2.85. The lowest BCUT2D eigenvalue weighted by atomic mass is 10.0. The molecule has 1 atom stereocenters. The molecule has 2 N–H and O–H groups in total. The first-order valence-electron chi connectivity index (χ1n) is 6.77. The summed E-state index contributed by atoms with van der Waals surface area (Å²) in [6.07, 6.45) is 4.01.